The van der Waals surface area contributed by atoms with Crippen LogP contribution in [0.15, 0.2) is 53.9 Å². The highest BCUT2D eigenvalue weighted by Crippen LogP contribution is 2.40. The van der Waals surface area contributed by atoms with Gasteiger partial charge in [-0.3, -0.25) is 10.1 Å². The molecule has 9 nitrogen and oxygen atoms in total. The third kappa shape index (κ3) is 3.45. The lowest BCUT2D eigenvalue weighted by Gasteiger charge is -2.35. The van der Waals surface area contributed by atoms with Gasteiger partial charge in [0.2, 0.25) is 11.9 Å². The minimum absolute atomic E-state index is 0.0189. The summed E-state index contributed by atoms with van der Waals surface area (Å²) in [7, 11) is -4.09. The smallest absolute Gasteiger partial charge is 0.253 e. The first kappa shape index (κ1) is 20.1. The predicted molar refractivity (Wildman–Crippen MR) is 105 cm³/mol. The third-order valence-corrected chi connectivity index (χ3v) is 7.74. The number of rotatable bonds is 5. The molecule has 156 valence electrons. The van der Waals surface area contributed by atoms with Crippen LogP contribution in [0.4, 0.5) is 10.3 Å². The Morgan fingerprint density at radius 3 is 2.37 bits per heavy atom. The number of amides is 1. The second-order valence-corrected chi connectivity index (χ2v) is 9.27. The molecule has 2 aromatic heterocycles. The minimum Gasteiger partial charge on any atom is -0.293 e. The standard InChI is InChI=1S/C19H19FN6O3S/c20-14-5-7-15(8-6-14)30(28,29)19(9-2-1-3-10-19)16(27)25-18-23-13-24-26(18)17-21-11-4-12-22-17/h4-8,11-13H,1-3,9-10H2,(H,23,24,25,27). The van der Waals surface area contributed by atoms with Crippen LogP contribution in [-0.4, -0.2) is 43.8 Å². The van der Waals surface area contributed by atoms with E-state index in [2.05, 4.69) is 25.4 Å². The average molecular weight is 430 g/mol. The van der Waals surface area contributed by atoms with Gasteiger partial charge in [0.15, 0.2) is 14.6 Å². The lowest BCUT2D eigenvalue weighted by Crippen LogP contribution is -2.51. The second-order valence-electron chi connectivity index (χ2n) is 7.01. The van der Waals surface area contributed by atoms with E-state index in [1.807, 2.05) is 0 Å². The van der Waals surface area contributed by atoms with Crippen molar-refractivity contribution < 1.29 is 17.6 Å². The van der Waals surface area contributed by atoms with Crippen LogP contribution in [0.1, 0.15) is 32.1 Å². The molecule has 1 aliphatic rings. The number of aromatic nitrogens is 5. The molecule has 1 fully saturated rings. The Kier molecular flexibility index (Phi) is 5.29. The van der Waals surface area contributed by atoms with E-state index in [1.165, 1.54) is 35.5 Å². The Labute approximate surface area is 172 Å². The van der Waals surface area contributed by atoms with Gasteiger partial charge < -0.3 is 0 Å². The summed E-state index contributed by atoms with van der Waals surface area (Å²) in [5.74, 6) is -1.04. The average Bonchev–Trinajstić information content (AvgIpc) is 3.23. The number of nitrogens with zero attached hydrogens (tertiary/aromatic N) is 5. The number of hydrogen-bond acceptors (Lipinski definition) is 7. The zero-order valence-electron chi connectivity index (χ0n) is 15.9. The maximum Gasteiger partial charge on any atom is 0.253 e. The lowest BCUT2D eigenvalue weighted by molar-refractivity contribution is -0.119. The number of halogens is 1. The quantitative estimate of drug-likeness (QED) is 0.617. The maximum absolute atomic E-state index is 13.5. The zero-order chi connectivity index (χ0) is 21.2. The monoisotopic (exact) mass is 430 g/mol. The van der Waals surface area contributed by atoms with Crippen LogP contribution in [0.25, 0.3) is 5.95 Å². The summed E-state index contributed by atoms with van der Waals surface area (Å²) in [5.41, 5.74) is 0. The van der Waals surface area contributed by atoms with Gasteiger partial charge in [0.1, 0.15) is 12.1 Å². The molecule has 2 heterocycles. The molecule has 3 aromatic rings. The van der Waals surface area contributed by atoms with Crippen molar-refractivity contribution in [1.82, 2.24) is 24.7 Å². The van der Waals surface area contributed by atoms with Crippen LogP contribution in [-0.2, 0) is 14.6 Å². The van der Waals surface area contributed by atoms with Crippen LogP contribution >= 0.6 is 0 Å². The van der Waals surface area contributed by atoms with E-state index in [0.29, 0.717) is 12.8 Å². The van der Waals surface area contributed by atoms with Gasteiger partial charge >= 0.3 is 0 Å². The fraction of sp³-hybridized carbons (Fsp3) is 0.316. The minimum atomic E-state index is -4.09. The van der Waals surface area contributed by atoms with Gasteiger partial charge in [-0.1, -0.05) is 19.3 Å². The SMILES string of the molecule is O=C(Nc1ncnn1-c1ncccn1)C1(S(=O)(=O)c2ccc(F)cc2)CCCCC1. The molecule has 0 bridgehead atoms. The van der Waals surface area contributed by atoms with Crippen molar-refractivity contribution >= 4 is 21.7 Å². The van der Waals surface area contributed by atoms with Gasteiger partial charge in [-0.15, -0.1) is 0 Å². The summed E-state index contributed by atoms with van der Waals surface area (Å²) in [5, 5.41) is 6.62. The molecule has 1 amide bonds. The van der Waals surface area contributed by atoms with Crippen molar-refractivity contribution in [2.45, 2.75) is 41.7 Å². The molecule has 0 aliphatic heterocycles. The molecule has 0 radical (unpaired) electrons. The first-order valence-electron chi connectivity index (χ1n) is 9.43. The normalized spacial score (nSPS) is 16.2. The van der Waals surface area contributed by atoms with Gasteiger partial charge in [-0.2, -0.15) is 14.8 Å². The van der Waals surface area contributed by atoms with Gasteiger partial charge in [0.25, 0.3) is 5.95 Å². The Hall–Kier alpha value is -3.21. The fourth-order valence-corrected chi connectivity index (χ4v) is 5.74. The van der Waals surface area contributed by atoms with E-state index in [-0.39, 0.29) is 29.6 Å². The van der Waals surface area contributed by atoms with Crippen LogP contribution < -0.4 is 5.32 Å². The molecular formula is C19H19FN6O3S. The first-order chi connectivity index (χ1) is 14.4. The van der Waals surface area contributed by atoms with E-state index in [4.69, 9.17) is 0 Å². The van der Waals surface area contributed by atoms with E-state index >= 15 is 0 Å². The fourth-order valence-electron chi connectivity index (χ4n) is 3.67. The number of sulfone groups is 1. The maximum atomic E-state index is 13.5. The van der Waals surface area contributed by atoms with Gasteiger partial charge in [-0.25, -0.2) is 22.8 Å². The van der Waals surface area contributed by atoms with Crippen molar-refractivity contribution in [1.29, 1.82) is 0 Å². The number of carbonyl (C=O) groups excluding carboxylic acids is 1. The lowest BCUT2D eigenvalue weighted by atomic mass is 9.87. The summed E-state index contributed by atoms with van der Waals surface area (Å²) in [6.45, 7) is 0. The van der Waals surface area contributed by atoms with Crippen molar-refractivity contribution in [2.24, 2.45) is 0 Å². The van der Waals surface area contributed by atoms with Crippen molar-refractivity contribution in [3.63, 3.8) is 0 Å². The van der Waals surface area contributed by atoms with Crippen LogP contribution in [0, 0.1) is 5.82 Å². The summed E-state index contributed by atoms with van der Waals surface area (Å²) >= 11 is 0. The van der Waals surface area contributed by atoms with E-state index in [1.54, 1.807) is 6.07 Å². The Morgan fingerprint density at radius 1 is 1.03 bits per heavy atom. The number of anilines is 1. The predicted octanol–water partition coefficient (Wildman–Crippen LogP) is 2.31. The Bertz CT molecular complexity index is 1140. The zero-order valence-corrected chi connectivity index (χ0v) is 16.7. The number of hydrogen-bond donors (Lipinski definition) is 1. The van der Waals surface area contributed by atoms with E-state index in [9.17, 15) is 17.6 Å². The molecule has 0 unspecified atom stereocenters. The van der Waals surface area contributed by atoms with Crippen LogP contribution in [0.5, 0.6) is 0 Å². The number of carbonyl (C=O) groups is 1. The summed E-state index contributed by atoms with van der Waals surface area (Å²) < 4.78 is 39.9. The molecule has 4 rings (SSSR count). The highest BCUT2D eigenvalue weighted by atomic mass is 32.2. The summed E-state index contributed by atoms with van der Waals surface area (Å²) in [6.07, 6.45) is 6.57. The van der Waals surface area contributed by atoms with E-state index in [0.717, 1.165) is 18.6 Å². The second kappa shape index (κ2) is 7.90. The molecule has 1 saturated carbocycles. The molecule has 11 heteroatoms. The Balaban J connectivity index is 1.71. The summed E-state index contributed by atoms with van der Waals surface area (Å²) in [4.78, 5) is 25.4. The largest absolute Gasteiger partial charge is 0.293 e. The third-order valence-electron chi connectivity index (χ3n) is 5.23. The van der Waals surface area contributed by atoms with Crippen molar-refractivity contribution in [3.8, 4) is 5.95 Å². The first-order valence-corrected chi connectivity index (χ1v) is 10.9. The van der Waals surface area contributed by atoms with Gasteiger partial charge in [-0.05, 0) is 43.2 Å². The molecule has 1 aliphatic carbocycles. The number of nitrogens with one attached hydrogen (secondary N) is 1. The molecular weight excluding hydrogens is 411 g/mol. The molecule has 1 aromatic carbocycles. The Morgan fingerprint density at radius 2 is 1.70 bits per heavy atom. The summed E-state index contributed by atoms with van der Waals surface area (Å²) in [6, 6.07) is 6.16. The highest BCUT2D eigenvalue weighted by Gasteiger charge is 2.52. The molecule has 30 heavy (non-hydrogen) atoms. The van der Waals surface area contributed by atoms with Crippen LogP contribution in [0.3, 0.4) is 0 Å². The molecule has 0 spiro atoms. The molecule has 0 atom stereocenters. The van der Waals surface area contributed by atoms with Crippen molar-refractivity contribution in [2.75, 3.05) is 5.32 Å². The van der Waals surface area contributed by atoms with Crippen molar-refractivity contribution in [3.05, 3.63) is 54.9 Å². The van der Waals surface area contributed by atoms with E-state index < -0.39 is 26.3 Å². The number of benzene rings is 1. The van der Waals surface area contributed by atoms with Gasteiger partial charge in [0.05, 0.1) is 4.90 Å². The highest BCUT2D eigenvalue weighted by molar-refractivity contribution is 7.93. The molecule has 0 saturated heterocycles. The topological polar surface area (TPSA) is 120 Å². The molecule has 1 N–H and O–H groups in total. The van der Waals surface area contributed by atoms with Crippen LogP contribution in [0.2, 0.25) is 0 Å². The van der Waals surface area contributed by atoms with Gasteiger partial charge in [0, 0.05) is 12.4 Å².